The van der Waals surface area contributed by atoms with Gasteiger partial charge in [0.05, 0.1) is 18.3 Å². The number of rotatable bonds is 6. The molecular weight excluding hydrogens is 374 g/mol. The van der Waals surface area contributed by atoms with Crippen molar-refractivity contribution in [2.45, 2.75) is 39.3 Å². The summed E-state index contributed by atoms with van der Waals surface area (Å²) in [5.74, 6) is 0.693. The van der Waals surface area contributed by atoms with Gasteiger partial charge in [-0.15, -0.1) is 11.3 Å². The third kappa shape index (κ3) is 3.54. The second kappa shape index (κ2) is 7.75. The molecule has 0 radical (unpaired) electrons. The van der Waals surface area contributed by atoms with Crippen LogP contribution in [-0.2, 0) is 30.7 Å². The molecule has 0 atom stereocenters. The second-order valence-electron chi connectivity index (χ2n) is 7.04. The Morgan fingerprint density at radius 1 is 1.29 bits per heavy atom. The van der Waals surface area contributed by atoms with Crippen LogP contribution in [0.2, 0.25) is 0 Å². The van der Waals surface area contributed by atoms with Gasteiger partial charge in [0.15, 0.2) is 0 Å². The normalized spacial score (nSPS) is 12.9. The number of aromatic nitrogens is 2. The number of ether oxygens (including phenoxy) is 1. The number of amides is 1. The Balaban J connectivity index is 1.48. The minimum atomic E-state index is -0.121. The van der Waals surface area contributed by atoms with Crippen molar-refractivity contribution in [1.82, 2.24) is 14.5 Å². The molecule has 0 spiro atoms. The molecule has 0 aliphatic heterocycles. The number of carbonyl (C=O) groups excluding carboxylic acids is 1. The molecule has 1 aromatic carbocycles. The van der Waals surface area contributed by atoms with Crippen LogP contribution >= 0.6 is 11.3 Å². The van der Waals surface area contributed by atoms with Crippen molar-refractivity contribution in [3.63, 3.8) is 0 Å². The first kappa shape index (κ1) is 18.7. The highest BCUT2D eigenvalue weighted by Crippen LogP contribution is 2.34. The third-order valence-electron chi connectivity index (χ3n) is 5.08. The summed E-state index contributed by atoms with van der Waals surface area (Å²) in [5.41, 5.74) is 2.05. The molecule has 7 heteroatoms. The average Bonchev–Trinajstić information content (AvgIpc) is 3.27. The van der Waals surface area contributed by atoms with Gasteiger partial charge >= 0.3 is 0 Å². The highest BCUT2D eigenvalue weighted by Gasteiger charge is 2.22. The van der Waals surface area contributed by atoms with Crippen LogP contribution in [-0.4, -0.2) is 34.0 Å². The van der Waals surface area contributed by atoms with Gasteiger partial charge in [-0.05, 0) is 49.4 Å². The van der Waals surface area contributed by atoms with Gasteiger partial charge in [-0.1, -0.05) is 12.1 Å². The lowest BCUT2D eigenvalue weighted by atomic mass is 10.2. The molecule has 146 valence electrons. The van der Waals surface area contributed by atoms with Crippen LogP contribution in [0.15, 0.2) is 35.4 Å². The largest absolute Gasteiger partial charge is 0.494 e. The van der Waals surface area contributed by atoms with Gasteiger partial charge in [0.2, 0.25) is 5.91 Å². The summed E-state index contributed by atoms with van der Waals surface area (Å²) in [6.45, 7) is 3.04. The number of hydrogen-bond acceptors (Lipinski definition) is 5. The standard InChI is InChI=1S/C21H23N3O3S/c1-3-27-15-9-7-14(8-10-15)11-23(2)18(25)12-24-13-22-20-19(21(24)26)16-5-4-6-17(16)28-20/h7-10,13H,3-6,11-12H2,1-2H3. The molecule has 0 saturated carbocycles. The molecule has 1 aliphatic rings. The van der Waals surface area contributed by atoms with Crippen LogP contribution in [0.25, 0.3) is 10.2 Å². The topological polar surface area (TPSA) is 64.4 Å². The van der Waals surface area contributed by atoms with E-state index in [1.807, 2.05) is 31.2 Å². The summed E-state index contributed by atoms with van der Waals surface area (Å²) in [6, 6.07) is 7.69. The molecular formula is C21H23N3O3S. The van der Waals surface area contributed by atoms with E-state index in [9.17, 15) is 9.59 Å². The maximum absolute atomic E-state index is 12.9. The average molecular weight is 398 g/mol. The molecule has 28 heavy (non-hydrogen) atoms. The Hall–Kier alpha value is -2.67. The molecule has 1 amide bonds. The number of aryl methyl sites for hydroxylation is 2. The van der Waals surface area contributed by atoms with Crippen molar-refractivity contribution >= 4 is 27.5 Å². The number of thiophene rings is 1. The van der Waals surface area contributed by atoms with E-state index in [0.717, 1.165) is 41.0 Å². The minimum absolute atomic E-state index is 0.0000767. The molecule has 4 rings (SSSR count). The quantitative estimate of drug-likeness (QED) is 0.641. The first-order chi connectivity index (χ1) is 13.6. The Morgan fingerprint density at radius 2 is 2.07 bits per heavy atom. The molecule has 1 aliphatic carbocycles. The SMILES string of the molecule is CCOc1ccc(CN(C)C(=O)Cn2cnc3sc4c(c3c2=O)CCC4)cc1. The van der Waals surface area contributed by atoms with E-state index < -0.39 is 0 Å². The highest BCUT2D eigenvalue weighted by molar-refractivity contribution is 7.18. The maximum Gasteiger partial charge on any atom is 0.262 e. The van der Waals surface area contributed by atoms with E-state index in [2.05, 4.69) is 4.98 Å². The van der Waals surface area contributed by atoms with Gasteiger partial charge in [0.25, 0.3) is 5.56 Å². The summed E-state index contributed by atoms with van der Waals surface area (Å²) in [4.78, 5) is 33.7. The number of likely N-dealkylation sites (N-methyl/N-ethyl adjacent to an activating group) is 1. The summed E-state index contributed by atoms with van der Waals surface area (Å²) in [5, 5.41) is 0.710. The van der Waals surface area contributed by atoms with Crippen LogP contribution in [0, 0.1) is 0 Å². The summed E-state index contributed by atoms with van der Waals surface area (Å²) in [6.07, 6.45) is 4.55. The molecule has 2 heterocycles. The Morgan fingerprint density at radius 3 is 2.82 bits per heavy atom. The number of carbonyl (C=O) groups is 1. The van der Waals surface area contributed by atoms with Crippen LogP contribution in [0.4, 0.5) is 0 Å². The number of benzene rings is 1. The first-order valence-corrected chi connectivity index (χ1v) is 10.3. The van der Waals surface area contributed by atoms with E-state index in [1.54, 1.807) is 23.3 Å². The monoisotopic (exact) mass is 397 g/mol. The van der Waals surface area contributed by atoms with Crippen LogP contribution in [0.5, 0.6) is 5.75 Å². The molecule has 0 saturated heterocycles. The van der Waals surface area contributed by atoms with Gasteiger partial charge in [0, 0.05) is 18.5 Å². The van der Waals surface area contributed by atoms with Crippen molar-refractivity contribution < 1.29 is 9.53 Å². The van der Waals surface area contributed by atoms with Gasteiger partial charge < -0.3 is 9.64 Å². The van der Waals surface area contributed by atoms with E-state index in [-0.39, 0.29) is 18.0 Å². The van der Waals surface area contributed by atoms with E-state index in [4.69, 9.17) is 4.74 Å². The lowest BCUT2D eigenvalue weighted by molar-refractivity contribution is -0.131. The smallest absolute Gasteiger partial charge is 0.262 e. The predicted molar refractivity (Wildman–Crippen MR) is 110 cm³/mol. The van der Waals surface area contributed by atoms with E-state index in [1.165, 1.54) is 15.8 Å². The van der Waals surface area contributed by atoms with Gasteiger partial charge in [-0.25, -0.2) is 4.98 Å². The molecule has 0 fully saturated rings. The minimum Gasteiger partial charge on any atom is -0.494 e. The molecule has 0 N–H and O–H groups in total. The van der Waals surface area contributed by atoms with Crippen LogP contribution in [0.3, 0.4) is 0 Å². The van der Waals surface area contributed by atoms with E-state index in [0.29, 0.717) is 18.5 Å². The lowest BCUT2D eigenvalue weighted by Crippen LogP contribution is -2.33. The van der Waals surface area contributed by atoms with Crippen molar-refractivity contribution in [1.29, 1.82) is 0 Å². The van der Waals surface area contributed by atoms with Gasteiger partial charge in [-0.3, -0.25) is 14.2 Å². The predicted octanol–water partition coefficient (Wildman–Crippen LogP) is 3.00. The summed E-state index contributed by atoms with van der Waals surface area (Å²) >= 11 is 1.61. The first-order valence-electron chi connectivity index (χ1n) is 9.52. The highest BCUT2D eigenvalue weighted by atomic mass is 32.1. The van der Waals surface area contributed by atoms with Crippen LogP contribution in [0.1, 0.15) is 29.3 Å². The van der Waals surface area contributed by atoms with Gasteiger partial charge in [-0.2, -0.15) is 0 Å². The van der Waals surface area contributed by atoms with Crippen molar-refractivity contribution in [3.05, 3.63) is 57.0 Å². The third-order valence-corrected chi connectivity index (χ3v) is 6.28. The fourth-order valence-corrected chi connectivity index (χ4v) is 4.84. The zero-order valence-electron chi connectivity index (χ0n) is 16.1. The molecule has 0 unspecified atom stereocenters. The van der Waals surface area contributed by atoms with Gasteiger partial charge in [0.1, 0.15) is 17.1 Å². The lowest BCUT2D eigenvalue weighted by Gasteiger charge is -2.18. The molecule has 2 aromatic heterocycles. The molecule has 0 bridgehead atoms. The van der Waals surface area contributed by atoms with Crippen molar-refractivity contribution in [2.75, 3.05) is 13.7 Å². The Labute approximate surface area is 167 Å². The molecule has 3 aromatic rings. The molecule has 6 nitrogen and oxygen atoms in total. The maximum atomic E-state index is 12.9. The van der Waals surface area contributed by atoms with Crippen molar-refractivity contribution in [2.24, 2.45) is 0 Å². The second-order valence-corrected chi connectivity index (χ2v) is 8.13. The number of nitrogens with zero attached hydrogens (tertiary/aromatic N) is 3. The fraction of sp³-hybridized carbons (Fsp3) is 0.381. The summed E-state index contributed by atoms with van der Waals surface area (Å²) in [7, 11) is 1.75. The number of hydrogen-bond donors (Lipinski definition) is 0. The fourth-order valence-electron chi connectivity index (χ4n) is 3.62. The zero-order valence-corrected chi connectivity index (χ0v) is 16.9. The zero-order chi connectivity index (χ0) is 19.7. The Bertz CT molecular complexity index is 1070. The van der Waals surface area contributed by atoms with E-state index >= 15 is 0 Å². The Kier molecular flexibility index (Phi) is 5.17. The number of fused-ring (bicyclic) bond motifs is 3. The van der Waals surface area contributed by atoms with Crippen molar-refractivity contribution in [3.8, 4) is 5.75 Å². The summed E-state index contributed by atoms with van der Waals surface area (Å²) < 4.78 is 6.88. The van der Waals surface area contributed by atoms with Crippen LogP contribution < -0.4 is 10.3 Å².